The third-order valence-corrected chi connectivity index (χ3v) is 5.82. The van der Waals surface area contributed by atoms with Gasteiger partial charge in [0.15, 0.2) is 0 Å². The maximum Gasteiger partial charge on any atom is 0.416 e. The fourth-order valence-corrected chi connectivity index (χ4v) is 4.03. The van der Waals surface area contributed by atoms with E-state index in [1.54, 1.807) is 30.3 Å². The molecule has 0 aromatic heterocycles. The quantitative estimate of drug-likeness (QED) is 0.243. The summed E-state index contributed by atoms with van der Waals surface area (Å²) in [6.07, 6.45) is -9.66. The number of nitriles is 1. The maximum absolute atomic E-state index is 13.5. The van der Waals surface area contributed by atoms with Crippen LogP contribution in [-0.2, 0) is 21.9 Å². The van der Waals surface area contributed by atoms with Crippen LogP contribution in [0.1, 0.15) is 48.4 Å². The van der Waals surface area contributed by atoms with E-state index in [0.717, 1.165) is 0 Å². The Hall–Kier alpha value is -3.80. The number of rotatable bonds is 6. The molecule has 0 radical (unpaired) electrons. The molecule has 3 aromatic rings. The standard InChI is InChI=1S/C28H23F6NO2/c1-16(2)8-25(26(36)37-3)22-10-19(18-6-4-17(15-35)5-7-18)9-20(11-22)21-12-23(27(29,30)31)14-24(13-21)28(32,33)34/h4-7,9-14,16,25H,8H2,1-3H3. The van der Waals surface area contributed by atoms with E-state index < -0.39 is 35.4 Å². The zero-order chi connectivity index (χ0) is 27.5. The summed E-state index contributed by atoms with van der Waals surface area (Å²) in [6.45, 7) is 3.76. The first kappa shape index (κ1) is 27.8. The number of alkyl halides is 6. The number of hydrogen-bond donors (Lipinski definition) is 0. The Balaban J connectivity index is 2.32. The molecule has 0 saturated heterocycles. The molecule has 0 saturated carbocycles. The van der Waals surface area contributed by atoms with Gasteiger partial charge in [0.05, 0.1) is 35.8 Å². The van der Waals surface area contributed by atoms with Crippen LogP contribution in [0.5, 0.6) is 0 Å². The molecule has 3 rings (SSSR count). The molecule has 0 aliphatic carbocycles. The second kappa shape index (κ2) is 10.7. The first-order chi connectivity index (χ1) is 17.2. The Morgan fingerprint density at radius 3 is 1.73 bits per heavy atom. The van der Waals surface area contributed by atoms with Crippen LogP contribution < -0.4 is 0 Å². The van der Waals surface area contributed by atoms with Crippen molar-refractivity contribution in [2.24, 2.45) is 5.92 Å². The van der Waals surface area contributed by atoms with Crippen molar-refractivity contribution in [1.82, 2.24) is 0 Å². The van der Waals surface area contributed by atoms with Crippen molar-refractivity contribution in [2.75, 3.05) is 7.11 Å². The van der Waals surface area contributed by atoms with E-state index in [0.29, 0.717) is 40.8 Å². The van der Waals surface area contributed by atoms with Gasteiger partial charge >= 0.3 is 18.3 Å². The van der Waals surface area contributed by atoms with Gasteiger partial charge < -0.3 is 4.74 Å². The molecule has 0 bridgehead atoms. The number of esters is 1. The van der Waals surface area contributed by atoms with Crippen LogP contribution in [0, 0.1) is 17.2 Å². The number of halogens is 6. The maximum atomic E-state index is 13.5. The van der Waals surface area contributed by atoms with Crippen LogP contribution in [0.25, 0.3) is 22.3 Å². The lowest BCUT2D eigenvalue weighted by Crippen LogP contribution is -2.16. The number of carbonyl (C=O) groups excluding carboxylic acids is 1. The van der Waals surface area contributed by atoms with Gasteiger partial charge in [-0.05, 0) is 76.6 Å². The number of hydrogen-bond acceptors (Lipinski definition) is 3. The van der Waals surface area contributed by atoms with Crippen LogP contribution in [-0.4, -0.2) is 13.1 Å². The van der Waals surface area contributed by atoms with Crippen molar-refractivity contribution in [3.8, 4) is 28.3 Å². The molecule has 3 nitrogen and oxygen atoms in total. The molecule has 0 aliphatic heterocycles. The summed E-state index contributed by atoms with van der Waals surface area (Å²) in [6, 6.07) is 14.2. The van der Waals surface area contributed by atoms with E-state index in [1.807, 2.05) is 19.9 Å². The molecule has 0 fully saturated rings. The summed E-state index contributed by atoms with van der Waals surface area (Å²) in [5.74, 6) is -1.33. The average molecular weight is 519 g/mol. The highest BCUT2D eigenvalue weighted by molar-refractivity contribution is 5.82. The fraction of sp³-hybridized carbons (Fsp3) is 0.286. The van der Waals surface area contributed by atoms with Gasteiger partial charge in [-0.1, -0.05) is 38.1 Å². The zero-order valence-corrected chi connectivity index (χ0v) is 20.2. The first-order valence-electron chi connectivity index (χ1n) is 11.3. The molecular formula is C28H23F6NO2. The van der Waals surface area contributed by atoms with Gasteiger partial charge in [0.25, 0.3) is 0 Å². The largest absolute Gasteiger partial charge is 0.469 e. The van der Waals surface area contributed by atoms with E-state index in [-0.39, 0.29) is 23.1 Å². The van der Waals surface area contributed by atoms with Crippen molar-refractivity contribution in [2.45, 2.75) is 38.5 Å². The molecule has 37 heavy (non-hydrogen) atoms. The lowest BCUT2D eigenvalue weighted by molar-refractivity contribution is -0.144. The highest BCUT2D eigenvalue weighted by Gasteiger charge is 2.37. The van der Waals surface area contributed by atoms with E-state index in [9.17, 15) is 31.1 Å². The van der Waals surface area contributed by atoms with Crippen LogP contribution in [0.2, 0.25) is 0 Å². The number of carbonyl (C=O) groups is 1. The van der Waals surface area contributed by atoms with Crippen LogP contribution in [0.15, 0.2) is 60.7 Å². The summed E-state index contributed by atoms with van der Waals surface area (Å²) in [4.78, 5) is 12.6. The minimum Gasteiger partial charge on any atom is -0.469 e. The number of ether oxygens (including phenoxy) is 1. The van der Waals surface area contributed by atoms with E-state index in [1.165, 1.54) is 19.2 Å². The predicted octanol–water partition coefficient (Wildman–Crippen LogP) is 8.23. The van der Waals surface area contributed by atoms with E-state index >= 15 is 0 Å². The van der Waals surface area contributed by atoms with Crippen molar-refractivity contribution < 1.29 is 35.9 Å². The van der Waals surface area contributed by atoms with Gasteiger partial charge in [-0.15, -0.1) is 0 Å². The third-order valence-electron chi connectivity index (χ3n) is 5.82. The monoisotopic (exact) mass is 519 g/mol. The fourth-order valence-electron chi connectivity index (χ4n) is 4.03. The number of methoxy groups -OCH3 is 1. The SMILES string of the molecule is COC(=O)C(CC(C)C)c1cc(-c2ccc(C#N)cc2)cc(-c2cc(C(F)(F)F)cc(C(F)(F)F)c2)c1. The van der Waals surface area contributed by atoms with E-state index in [2.05, 4.69) is 0 Å². The van der Waals surface area contributed by atoms with Crippen molar-refractivity contribution in [3.05, 3.63) is 82.9 Å². The van der Waals surface area contributed by atoms with Crippen LogP contribution in [0.4, 0.5) is 26.3 Å². The second-order valence-electron chi connectivity index (χ2n) is 9.03. The average Bonchev–Trinajstić information content (AvgIpc) is 2.85. The first-order valence-corrected chi connectivity index (χ1v) is 11.3. The van der Waals surface area contributed by atoms with Gasteiger partial charge in [-0.25, -0.2) is 0 Å². The molecule has 194 valence electrons. The van der Waals surface area contributed by atoms with Crippen molar-refractivity contribution >= 4 is 5.97 Å². The molecule has 0 aliphatic rings. The summed E-state index contributed by atoms with van der Waals surface area (Å²) in [7, 11) is 1.21. The second-order valence-corrected chi connectivity index (χ2v) is 9.03. The lowest BCUT2D eigenvalue weighted by atomic mass is 9.86. The molecule has 1 atom stereocenters. The van der Waals surface area contributed by atoms with Crippen molar-refractivity contribution in [1.29, 1.82) is 5.26 Å². The molecule has 0 N–H and O–H groups in total. The molecule has 1 unspecified atom stereocenters. The number of benzene rings is 3. The highest BCUT2D eigenvalue weighted by atomic mass is 19.4. The molecule has 0 spiro atoms. The molecular weight excluding hydrogens is 496 g/mol. The van der Waals surface area contributed by atoms with Gasteiger partial charge in [0.1, 0.15) is 0 Å². The summed E-state index contributed by atoms with van der Waals surface area (Å²) in [5.41, 5.74) is -1.30. The normalized spacial score (nSPS) is 12.8. The molecule has 0 amide bonds. The Morgan fingerprint density at radius 2 is 1.30 bits per heavy atom. The lowest BCUT2D eigenvalue weighted by Gasteiger charge is -2.20. The van der Waals surface area contributed by atoms with Crippen molar-refractivity contribution in [3.63, 3.8) is 0 Å². The summed E-state index contributed by atoms with van der Waals surface area (Å²) >= 11 is 0. The van der Waals surface area contributed by atoms with E-state index in [4.69, 9.17) is 10.00 Å². The minimum absolute atomic E-state index is 0.0384. The zero-order valence-electron chi connectivity index (χ0n) is 20.2. The minimum atomic E-state index is -5.00. The molecule has 9 heteroatoms. The highest BCUT2D eigenvalue weighted by Crippen LogP contribution is 2.40. The van der Waals surface area contributed by atoms with Gasteiger partial charge in [-0.2, -0.15) is 31.6 Å². The number of nitrogens with zero attached hydrogens (tertiary/aromatic N) is 1. The molecule has 3 aromatic carbocycles. The Morgan fingerprint density at radius 1 is 0.811 bits per heavy atom. The summed E-state index contributed by atoms with van der Waals surface area (Å²) in [5, 5.41) is 9.08. The topological polar surface area (TPSA) is 50.1 Å². The van der Waals surface area contributed by atoms with Gasteiger partial charge in [0, 0.05) is 0 Å². The van der Waals surface area contributed by atoms with Crippen LogP contribution >= 0.6 is 0 Å². The molecule has 0 heterocycles. The predicted molar refractivity (Wildman–Crippen MR) is 126 cm³/mol. The Labute approximate surface area is 210 Å². The van der Waals surface area contributed by atoms with Gasteiger partial charge in [-0.3, -0.25) is 4.79 Å². The Bertz CT molecular complexity index is 1290. The smallest absolute Gasteiger partial charge is 0.416 e. The Kier molecular flexibility index (Phi) is 8.01. The van der Waals surface area contributed by atoms with Gasteiger partial charge in [0.2, 0.25) is 0 Å². The van der Waals surface area contributed by atoms with Crippen LogP contribution in [0.3, 0.4) is 0 Å². The summed E-state index contributed by atoms with van der Waals surface area (Å²) < 4.78 is 86.0. The third kappa shape index (κ3) is 6.70.